The van der Waals surface area contributed by atoms with Crippen LogP contribution in [0.3, 0.4) is 0 Å². The number of hydrogen-bond donors (Lipinski definition) is 2. The Balaban J connectivity index is 1.70. The molecule has 1 saturated heterocycles. The first-order chi connectivity index (χ1) is 15.7. The number of hydrogen-bond acceptors (Lipinski definition) is 7. The second kappa shape index (κ2) is 10.8. The SMILES string of the molecule is COc1cc(C(=O)/N=c2\sccn2COC(=O)[C@@H]2CCCN2)ccc1NC(=O)CC(C)(C)C. The van der Waals surface area contributed by atoms with E-state index in [2.05, 4.69) is 15.6 Å². The van der Waals surface area contributed by atoms with Crippen LogP contribution in [0.15, 0.2) is 34.8 Å². The molecule has 1 aliphatic heterocycles. The molecule has 0 unspecified atom stereocenters. The van der Waals surface area contributed by atoms with E-state index >= 15 is 0 Å². The minimum atomic E-state index is -0.471. The van der Waals surface area contributed by atoms with Gasteiger partial charge >= 0.3 is 5.97 Å². The van der Waals surface area contributed by atoms with Crippen molar-refractivity contribution in [3.63, 3.8) is 0 Å². The highest BCUT2D eigenvalue weighted by Gasteiger charge is 2.23. The maximum atomic E-state index is 12.8. The highest BCUT2D eigenvalue weighted by molar-refractivity contribution is 7.07. The summed E-state index contributed by atoms with van der Waals surface area (Å²) in [6.07, 6.45) is 3.77. The summed E-state index contributed by atoms with van der Waals surface area (Å²) in [7, 11) is 1.47. The smallest absolute Gasteiger partial charge is 0.324 e. The average Bonchev–Trinajstić information content (AvgIpc) is 3.43. The highest BCUT2D eigenvalue weighted by Crippen LogP contribution is 2.27. The Morgan fingerprint density at radius 3 is 2.76 bits per heavy atom. The fourth-order valence-electron chi connectivity index (χ4n) is 3.36. The lowest BCUT2D eigenvalue weighted by Gasteiger charge is -2.18. The van der Waals surface area contributed by atoms with E-state index in [1.807, 2.05) is 20.8 Å². The van der Waals surface area contributed by atoms with Crippen LogP contribution in [0.5, 0.6) is 5.75 Å². The molecule has 0 radical (unpaired) electrons. The number of nitrogens with one attached hydrogen (secondary N) is 2. The Bertz CT molecular complexity index is 1080. The lowest BCUT2D eigenvalue weighted by molar-refractivity contribution is -0.149. The molecule has 1 aromatic heterocycles. The third-order valence-corrected chi connectivity index (χ3v) is 5.76. The third-order valence-electron chi connectivity index (χ3n) is 4.96. The summed E-state index contributed by atoms with van der Waals surface area (Å²) in [4.78, 5) is 41.7. The van der Waals surface area contributed by atoms with Gasteiger partial charge in [0.1, 0.15) is 11.8 Å². The van der Waals surface area contributed by atoms with Gasteiger partial charge in [-0.15, -0.1) is 11.3 Å². The van der Waals surface area contributed by atoms with Crippen LogP contribution < -0.4 is 20.2 Å². The van der Waals surface area contributed by atoms with E-state index in [1.54, 1.807) is 34.3 Å². The van der Waals surface area contributed by atoms with Crippen molar-refractivity contribution in [2.75, 3.05) is 19.0 Å². The fraction of sp³-hybridized carbons (Fsp3) is 0.478. The first kappa shape index (κ1) is 24.7. The number of thiazole rings is 1. The predicted octanol–water partition coefficient (Wildman–Crippen LogP) is 2.93. The van der Waals surface area contributed by atoms with Gasteiger partial charge in [-0.3, -0.25) is 19.0 Å². The molecule has 2 N–H and O–H groups in total. The highest BCUT2D eigenvalue weighted by atomic mass is 32.1. The summed E-state index contributed by atoms with van der Waals surface area (Å²) in [5, 5.41) is 7.69. The standard InChI is InChI=1S/C23H30N4O5S/c1-23(2,3)13-19(28)25-16-8-7-15(12-18(16)31-4)20(29)26-22-27(10-11-33-22)14-32-21(30)17-6-5-9-24-17/h7-8,10-12,17,24H,5-6,9,13-14H2,1-4H3,(H,25,28)/b26-22-/t17-/m0/s1. The third kappa shape index (κ3) is 7.00. The largest absolute Gasteiger partial charge is 0.495 e. The zero-order valence-electron chi connectivity index (χ0n) is 19.3. The van der Waals surface area contributed by atoms with Crippen LogP contribution in [0.25, 0.3) is 0 Å². The number of amides is 2. The average molecular weight is 475 g/mol. The van der Waals surface area contributed by atoms with Gasteiger partial charge in [0, 0.05) is 23.6 Å². The minimum Gasteiger partial charge on any atom is -0.495 e. The first-order valence-electron chi connectivity index (χ1n) is 10.8. The van der Waals surface area contributed by atoms with Crippen molar-refractivity contribution in [3.8, 4) is 5.75 Å². The molecule has 33 heavy (non-hydrogen) atoms. The lowest BCUT2D eigenvalue weighted by atomic mass is 9.92. The van der Waals surface area contributed by atoms with Gasteiger partial charge in [-0.25, -0.2) is 0 Å². The molecule has 1 aromatic carbocycles. The molecule has 3 rings (SSSR count). The quantitative estimate of drug-likeness (QED) is 0.597. The molecule has 2 amide bonds. The second-order valence-corrected chi connectivity index (χ2v) is 9.89. The van der Waals surface area contributed by atoms with Crippen LogP contribution in [0.4, 0.5) is 5.69 Å². The molecule has 178 valence electrons. The fourth-order valence-corrected chi connectivity index (χ4v) is 4.07. The van der Waals surface area contributed by atoms with Gasteiger partial charge in [-0.1, -0.05) is 20.8 Å². The predicted molar refractivity (Wildman–Crippen MR) is 125 cm³/mol. The normalized spacial score (nSPS) is 16.5. The molecule has 2 heterocycles. The van der Waals surface area contributed by atoms with Gasteiger partial charge in [0.2, 0.25) is 5.91 Å². The topological polar surface area (TPSA) is 111 Å². The Kier molecular flexibility index (Phi) is 8.04. The van der Waals surface area contributed by atoms with Crippen LogP contribution in [-0.2, 0) is 21.1 Å². The number of ether oxygens (including phenoxy) is 2. The molecule has 9 nitrogen and oxygen atoms in total. The number of rotatable bonds is 7. The second-order valence-electron chi connectivity index (χ2n) is 9.01. The molecule has 0 aliphatic carbocycles. The van der Waals surface area contributed by atoms with Crippen LogP contribution >= 0.6 is 11.3 Å². The monoisotopic (exact) mass is 474 g/mol. The molecular weight excluding hydrogens is 444 g/mol. The number of esters is 1. The van der Waals surface area contributed by atoms with Crippen LogP contribution in [0.1, 0.15) is 50.4 Å². The van der Waals surface area contributed by atoms with Crippen LogP contribution in [0.2, 0.25) is 0 Å². The number of nitrogens with zero attached hydrogens (tertiary/aromatic N) is 2. The molecular formula is C23H30N4O5S. The molecule has 1 fully saturated rings. The number of carbonyl (C=O) groups excluding carboxylic acids is 3. The van der Waals surface area contributed by atoms with E-state index in [4.69, 9.17) is 9.47 Å². The summed E-state index contributed by atoms with van der Waals surface area (Å²) in [6.45, 7) is 6.74. The van der Waals surface area contributed by atoms with Crippen molar-refractivity contribution in [1.29, 1.82) is 0 Å². The maximum Gasteiger partial charge on any atom is 0.324 e. The van der Waals surface area contributed by atoms with Crippen LogP contribution in [0, 0.1) is 5.41 Å². The van der Waals surface area contributed by atoms with Crippen LogP contribution in [-0.4, -0.2) is 42.0 Å². The lowest BCUT2D eigenvalue weighted by Crippen LogP contribution is -2.33. The molecule has 2 aromatic rings. The van der Waals surface area contributed by atoms with Gasteiger partial charge in [-0.2, -0.15) is 4.99 Å². The summed E-state index contributed by atoms with van der Waals surface area (Å²) in [6, 6.07) is 4.48. The van der Waals surface area contributed by atoms with E-state index in [0.29, 0.717) is 28.2 Å². The van der Waals surface area contributed by atoms with Crippen molar-refractivity contribution in [3.05, 3.63) is 40.1 Å². The zero-order chi connectivity index (χ0) is 24.0. The number of aromatic nitrogens is 1. The van der Waals surface area contributed by atoms with Crippen molar-refractivity contribution < 1.29 is 23.9 Å². The van der Waals surface area contributed by atoms with Crippen molar-refractivity contribution in [1.82, 2.24) is 9.88 Å². The van der Waals surface area contributed by atoms with E-state index in [1.165, 1.54) is 18.4 Å². The number of benzene rings is 1. The van der Waals surface area contributed by atoms with Gasteiger partial charge < -0.3 is 20.1 Å². The Morgan fingerprint density at radius 1 is 1.30 bits per heavy atom. The molecule has 0 bridgehead atoms. The molecule has 10 heteroatoms. The maximum absolute atomic E-state index is 12.8. The van der Waals surface area contributed by atoms with Crippen molar-refractivity contribution >= 4 is 34.8 Å². The summed E-state index contributed by atoms with van der Waals surface area (Å²) < 4.78 is 12.3. The summed E-state index contributed by atoms with van der Waals surface area (Å²) in [5.41, 5.74) is 0.652. The summed E-state index contributed by atoms with van der Waals surface area (Å²) >= 11 is 1.26. The Labute approximate surface area is 196 Å². The molecule has 1 aliphatic rings. The zero-order valence-corrected chi connectivity index (χ0v) is 20.2. The van der Waals surface area contributed by atoms with Crippen molar-refractivity contribution in [2.24, 2.45) is 10.4 Å². The number of carbonyl (C=O) groups is 3. The molecule has 1 atom stereocenters. The molecule has 0 saturated carbocycles. The number of anilines is 1. The van der Waals surface area contributed by atoms with E-state index in [-0.39, 0.29) is 30.1 Å². The first-order valence-corrected chi connectivity index (χ1v) is 11.6. The Hall–Kier alpha value is -2.98. The van der Waals surface area contributed by atoms with Gasteiger partial charge in [-0.05, 0) is 43.0 Å². The minimum absolute atomic E-state index is 0.0192. The van der Waals surface area contributed by atoms with Gasteiger partial charge in [0.05, 0.1) is 12.8 Å². The van der Waals surface area contributed by atoms with Gasteiger partial charge in [0.25, 0.3) is 5.91 Å². The summed E-state index contributed by atoms with van der Waals surface area (Å²) in [5.74, 6) is -0.542. The van der Waals surface area contributed by atoms with Crippen molar-refractivity contribution in [2.45, 2.75) is 52.8 Å². The van der Waals surface area contributed by atoms with E-state index < -0.39 is 5.91 Å². The Morgan fingerprint density at radius 2 is 2.09 bits per heavy atom. The number of methoxy groups -OCH3 is 1. The van der Waals surface area contributed by atoms with E-state index in [0.717, 1.165) is 19.4 Å². The van der Waals surface area contributed by atoms with Gasteiger partial charge in [0.15, 0.2) is 11.5 Å². The van der Waals surface area contributed by atoms with E-state index in [9.17, 15) is 14.4 Å². The molecule has 0 spiro atoms.